The van der Waals surface area contributed by atoms with E-state index in [4.69, 9.17) is 0 Å². The Bertz CT molecular complexity index is 133. The summed E-state index contributed by atoms with van der Waals surface area (Å²) < 4.78 is 0. The lowest BCUT2D eigenvalue weighted by atomic mass is 10.5. The molecule has 3 nitrogen and oxygen atoms in total. The van der Waals surface area contributed by atoms with Crippen LogP contribution in [-0.2, 0) is 0 Å². The Hall–Kier alpha value is -0.380. The summed E-state index contributed by atoms with van der Waals surface area (Å²) in [6.07, 6.45) is 1.04. The van der Waals surface area contributed by atoms with Gasteiger partial charge in [-0.3, -0.25) is 4.99 Å². The molecule has 0 atom stereocenters. The van der Waals surface area contributed by atoms with Crippen molar-refractivity contribution in [2.24, 2.45) is 4.99 Å². The fourth-order valence-electron chi connectivity index (χ4n) is 0.933. The summed E-state index contributed by atoms with van der Waals surface area (Å²) in [6.45, 7) is 0.856. The van der Waals surface area contributed by atoms with Gasteiger partial charge in [-0.15, -0.1) is 0 Å². The Balaban J connectivity index is 4.00. The van der Waals surface area contributed by atoms with E-state index in [0.29, 0.717) is 0 Å². The molecule has 0 spiro atoms. The second-order valence-electron chi connectivity index (χ2n) is 3.05. The zero-order chi connectivity index (χ0) is 9.56. The van der Waals surface area contributed by atoms with Crippen molar-refractivity contribution in [3.05, 3.63) is 0 Å². The zero-order valence-corrected chi connectivity index (χ0v) is 9.30. The van der Waals surface area contributed by atoms with Crippen molar-refractivity contribution in [1.82, 2.24) is 9.80 Å². The monoisotopic (exact) mass is 189 g/mol. The lowest BCUT2D eigenvalue weighted by molar-refractivity contribution is 0.479. The van der Waals surface area contributed by atoms with E-state index >= 15 is 0 Å². The Morgan fingerprint density at radius 2 is 1.67 bits per heavy atom. The molecule has 0 aromatic carbocycles. The van der Waals surface area contributed by atoms with Gasteiger partial charge in [-0.1, -0.05) is 0 Å². The Morgan fingerprint density at radius 1 is 1.17 bits per heavy atom. The third-order valence-electron chi connectivity index (χ3n) is 1.37. The van der Waals surface area contributed by atoms with E-state index in [1.807, 2.05) is 38.0 Å². The maximum Gasteiger partial charge on any atom is 0.195 e. The molecule has 0 saturated carbocycles. The highest BCUT2D eigenvalue weighted by atomic mass is 32.1. The lowest BCUT2D eigenvalue weighted by Crippen LogP contribution is -2.35. The Morgan fingerprint density at radius 3 is 2.00 bits per heavy atom. The molecule has 0 aliphatic heterocycles. The van der Waals surface area contributed by atoms with Gasteiger partial charge in [-0.05, 0) is 12.2 Å². The number of nitrogens with zero attached hydrogens (tertiary/aromatic N) is 3. The second kappa shape index (κ2) is 6.17. The number of rotatable bonds is 3. The number of hydrogen-bond donors (Lipinski definition) is 1. The van der Waals surface area contributed by atoms with Crippen LogP contribution in [-0.4, -0.2) is 56.2 Å². The van der Waals surface area contributed by atoms with Gasteiger partial charge >= 0.3 is 0 Å². The number of hydrogen-bond acceptors (Lipinski definition) is 2. The molecule has 0 saturated heterocycles. The summed E-state index contributed by atoms with van der Waals surface area (Å²) in [4.78, 5) is 8.46. The minimum Gasteiger partial charge on any atom is -0.349 e. The minimum atomic E-state index is 0.856. The standard InChI is InChI=1S/C8H19N3S/c1-10(2)8(11(3)4)9-6-5-7-12/h12H,5-7H2,1-4H3. The second-order valence-corrected chi connectivity index (χ2v) is 3.49. The van der Waals surface area contributed by atoms with E-state index in [1.165, 1.54) is 0 Å². The molecule has 0 aromatic rings. The molecule has 0 aliphatic carbocycles. The first-order valence-corrected chi connectivity index (χ1v) is 4.72. The van der Waals surface area contributed by atoms with E-state index < -0.39 is 0 Å². The van der Waals surface area contributed by atoms with Gasteiger partial charge in [0.25, 0.3) is 0 Å². The van der Waals surface area contributed by atoms with E-state index in [9.17, 15) is 0 Å². The largest absolute Gasteiger partial charge is 0.349 e. The predicted octanol–water partition coefficient (Wildman–Crippen LogP) is 0.786. The van der Waals surface area contributed by atoms with Crippen molar-refractivity contribution in [1.29, 1.82) is 0 Å². The van der Waals surface area contributed by atoms with E-state index in [0.717, 1.165) is 24.7 Å². The zero-order valence-electron chi connectivity index (χ0n) is 8.41. The van der Waals surface area contributed by atoms with E-state index in [2.05, 4.69) is 17.6 Å². The Labute approximate surface area is 80.9 Å². The fraction of sp³-hybridized carbons (Fsp3) is 0.875. The summed E-state index contributed by atoms with van der Waals surface area (Å²) in [7, 11) is 8.00. The van der Waals surface area contributed by atoms with Crippen LogP contribution in [0.1, 0.15) is 6.42 Å². The van der Waals surface area contributed by atoms with E-state index in [1.54, 1.807) is 0 Å². The van der Waals surface area contributed by atoms with Gasteiger partial charge in [-0.25, -0.2) is 0 Å². The Kier molecular flexibility index (Phi) is 5.98. The minimum absolute atomic E-state index is 0.856. The molecular weight excluding hydrogens is 170 g/mol. The molecule has 0 heterocycles. The molecule has 0 unspecified atom stereocenters. The van der Waals surface area contributed by atoms with Gasteiger partial charge in [0.2, 0.25) is 0 Å². The summed E-state index contributed by atoms with van der Waals surface area (Å²) in [5.41, 5.74) is 0. The smallest absolute Gasteiger partial charge is 0.195 e. The molecule has 0 N–H and O–H groups in total. The molecule has 0 radical (unpaired) electrons. The average molecular weight is 189 g/mol. The molecule has 12 heavy (non-hydrogen) atoms. The highest BCUT2D eigenvalue weighted by Crippen LogP contribution is 1.91. The van der Waals surface area contributed by atoms with Gasteiger partial charge in [0.05, 0.1) is 0 Å². The quantitative estimate of drug-likeness (QED) is 0.306. The number of thiol groups is 1. The van der Waals surface area contributed by atoms with Crippen LogP contribution in [0.5, 0.6) is 0 Å². The molecule has 0 bridgehead atoms. The summed E-state index contributed by atoms with van der Waals surface area (Å²) in [6, 6.07) is 0. The van der Waals surface area contributed by atoms with Gasteiger partial charge in [-0.2, -0.15) is 12.6 Å². The average Bonchev–Trinajstić information content (AvgIpc) is 1.96. The first-order chi connectivity index (χ1) is 5.59. The van der Waals surface area contributed by atoms with Crippen molar-refractivity contribution in [2.45, 2.75) is 6.42 Å². The highest BCUT2D eigenvalue weighted by molar-refractivity contribution is 7.80. The van der Waals surface area contributed by atoms with Gasteiger partial charge in [0.1, 0.15) is 0 Å². The van der Waals surface area contributed by atoms with Crippen LogP contribution < -0.4 is 0 Å². The van der Waals surface area contributed by atoms with Crippen LogP contribution in [0, 0.1) is 0 Å². The van der Waals surface area contributed by atoms with Crippen LogP contribution in [0.4, 0.5) is 0 Å². The van der Waals surface area contributed by atoms with Crippen molar-refractivity contribution < 1.29 is 0 Å². The maximum atomic E-state index is 4.43. The van der Waals surface area contributed by atoms with Crippen molar-refractivity contribution in [3.63, 3.8) is 0 Å². The van der Waals surface area contributed by atoms with Crippen LogP contribution in [0.25, 0.3) is 0 Å². The maximum absolute atomic E-state index is 4.43. The van der Waals surface area contributed by atoms with Gasteiger partial charge in [0, 0.05) is 34.7 Å². The topological polar surface area (TPSA) is 18.8 Å². The normalized spacial score (nSPS) is 9.42. The SMILES string of the molecule is CN(C)C(=NCCCS)N(C)C. The summed E-state index contributed by atoms with van der Waals surface area (Å²) in [5, 5.41) is 0. The first-order valence-electron chi connectivity index (χ1n) is 4.09. The van der Waals surface area contributed by atoms with Crippen molar-refractivity contribution in [3.8, 4) is 0 Å². The first kappa shape index (κ1) is 11.6. The lowest BCUT2D eigenvalue weighted by Gasteiger charge is -2.22. The van der Waals surface area contributed by atoms with Crippen LogP contribution in [0.15, 0.2) is 4.99 Å². The van der Waals surface area contributed by atoms with Crippen LogP contribution in [0.2, 0.25) is 0 Å². The molecule has 0 fully saturated rings. The van der Waals surface area contributed by atoms with Crippen LogP contribution in [0.3, 0.4) is 0 Å². The molecule has 0 amide bonds. The predicted molar refractivity (Wildman–Crippen MR) is 58.1 cm³/mol. The third-order valence-corrected chi connectivity index (χ3v) is 1.69. The summed E-state index contributed by atoms with van der Waals surface area (Å²) in [5.74, 6) is 1.91. The number of aliphatic imine (C=N–C) groups is 1. The van der Waals surface area contributed by atoms with Crippen LogP contribution >= 0.6 is 12.6 Å². The molecular formula is C8H19N3S. The number of guanidine groups is 1. The van der Waals surface area contributed by atoms with Gasteiger partial charge in [0.15, 0.2) is 5.96 Å². The van der Waals surface area contributed by atoms with Crippen molar-refractivity contribution in [2.75, 3.05) is 40.5 Å². The van der Waals surface area contributed by atoms with E-state index in [-0.39, 0.29) is 0 Å². The molecule has 72 valence electrons. The molecule has 0 rings (SSSR count). The summed E-state index contributed by atoms with van der Waals surface area (Å²) >= 11 is 4.13. The van der Waals surface area contributed by atoms with Crippen molar-refractivity contribution >= 4 is 18.6 Å². The third kappa shape index (κ3) is 4.49. The van der Waals surface area contributed by atoms with Gasteiger partial charge < -0.3 is 9.80 Å². The molecule has 4 heteroatoms. The molecule has 0 aliphatic rings. The highest BCUT2D eigenvalue weighted by Gasteiger charge is 2.02. The fourth-order valence-corrected chi connectivity index (χ4v) is 1.07. The molecule has 0 aromatic heterocycles.